The van der Waals surface area contributed by atoms with Gasteiger partial charge in [0.1, 0.15) is 11.9 Å². The SMILES string of the molecule is COC(=O)C1(c2ccc(-c3ccc(-c4cn[nH]c4CNc4cncc(OC5CC(F)(F)C5)n4)nc3)cc2)CC1. The summed E-state index contributed by atoms with van der Waals surface area (Å²) in [4.78, 5) is 25.2. The van der Waals surface area contributed by atoms with E-state index in [0.29, 0.717) is 12.4 Å². The molecule has 0 aliphatic heterocycles. The first-order chi connectivity index (χ1) is 18.8. The van der Waals surface area contributed by atoms with Crippen LogP contribution in [0.5, 0.6) is 5.88 Å². The van der Waals surface area contributed by atoms with Crippen molar-refractivity contribution >= 4 is 11.8 Å². The maximum Gasteiger partial charge on any atom is 0.316 e. The van der Waals surface area contributed by atoms with E-state index in [2.05, 4.69) is 30.5 Å². The largest absolute Gasteiger partial charge is 0.473 e. The lowest BCUT2D eigenvalue weighted by Crippen LogP contribution is -2.43. The zero-order chi connectivity index (χ0) is 27.0. The van der Waals surface area contributed by atoms with Gasteiger partial charge in [-0.15, -0.1) is 0 Å². The fourth-order valence-electron chi connectivity index (χ4n) is 4.83. The van der Waals surface area contributed by atoms with E-state index in [1.54, 1.807) is 12.4 Å². The number of aromatic nitrogens is 5. The van der Waals surface area contributed by atoms with Crippen molar-refractivity contribution in [3.63, 3.8) is 0 Å². The standard InChI is InChI=1S/C28H26F2N6O3/c1-38-26(37)27(8-9-27)19-5-2-17(3-6-19)18-4-7-22(32-12-18)21-13-34-36-23(21)14-33-24-15-31-16-25(35-24)39-20-10-28(29,30)11-20/h2-7,12-13,15-16,20H,8-11,14H2,1H3,(H,33,35)(H,34,36). The number of hydrogen-bond donors (Lipinski definition) is 2. The first-order valence-corrected chi connectivity index (χ1v) is 12.6. The Morgan fingerprint density at radius 2 is 1.82 bits per heavy atom. The molecular formula is C28H26F2N6O3. The number of methoxy groups -OCH3 is 1. The molecule has 0 atom stereocenters. The molecule has 2 aliphatic rings. The molecule has 3 heterocycles. The summed E-state index contributed by atoms with van der Waals surface area (Å²) in [6.45, 7) is 0.363. The Kier molecular flexibility index (Phi) is 6.20. The second-order valence-electron chi connectivity index (χ2n) is 9.95. The number of anilines is 1. The fourth-order valence-corrected chi connectivity index (χ4v) is 4.83. The molecule has 200 valence electrons. The van der Waals surface area contributed by atoms with Gasteiger partial charge in [-0.25, -0.2) is 8.78 Å². The molecular weight excluding hydrogens is 506 g/mol. The number of esters is 1. The van der Waals surface area contributed by atoms with E-state index in [0.717, 1.165) is 46.5 Å². The van der Waals surface area contributed by atoms with Crippen LogP contribution in [0.1, 0.15) is 36.9 Å². The van der Waals surface area contributed by atoms with Crippen LogP contribution in [0.4, 0.5) is 14.6 Å². The Morgan fingerprint density at radius 3 is 2.49 bits per heavy atom. The number of pyridine rings is 1. The maximum atomic E-state index is 13.1. The summed E-state index contributed by atoms with van der Waals surface area (Å²) in [7, 11) is 1.43. The molecule has 0 bridgehead atoms. The van der Waals surface area contributed by atoms with Crippen LogP contribution in [-0.4, -0.2) is 50.3 Å². The van der Waals surface area contributed by atoms with Gasteiger partial charge in [0.2, 0.25) is 5.88 Å². The molecule has 0 radical (unpaired) electrons. The van der Waals surface area contributed by atoms with Crippen molar-refractivity contribution in [3.8, 4) is 28.3 Å². The summed E-state index contributed by atoms with van der Waals surface area (Å²) in [5.74, 6) is -2.19. The smallest absolute Gasteiger partial charge is 0.316 e. The second kappa shape index (κ2) is 9.72. The average molecular weight is 533 g/mol. The van der Waals surface area contributed by atoms with Crippen molar-refractivity contribution in [2.45, 2.75) is 49.7 Å². The third-order valence-corrected chi connectivity index (χ3v) is 7.25. The number of benzene rings is 1. The highest BCUT2D eigenvalue weighted by atomic mass is 19.3. The van der Waals surface area contributed by atoms with Crippen LogP contribution >= 0.6 is 0 Å². The number of nitrogens with zero attached hydrogens (tertiary/aromatic N) is 4. The van der Waals surface area contributed by atoms with Gasteiger partial charge in [0.15, 0.2) is 0 Å². The van der Waals surface area contributed by atoms with E-state index >= 15 is 0 Å². The van der Waals surface area contributed by atoms with Crippen LogP contribution in [0.2, 0.25) is 0 Å². The first kappa shape index (κ1) is 24.9. The van der Waals surface area contributed by atoms with Gasteiger partial charge < -0.3 is 14.8 Å². The van der Waals surface area contributed by atoms with E-state index in [4.69, 9.17) is 9.47 Å². The molecule has 0 unspecified atom stereocenters. The number of aromatic amines is 1. The highest BCUT2D eigenvalue weighted by Crippen LogP contribution is 2.49. The number of H-pyrrole nitrogens is 1. The number of nitrogens with one attached hydrogen (secondary N) is 2. The summed E-state index contributed by atoms with van der Waals surface area (Å²) in [6.07, 6.45) is 6.91. The number of carbonyl (C=O) groups is 1. The van der Waals surface area contributed by atoms with Crippen LogP contribution < -0.4 is 10.1 Å². The quantitative estimate of drug-likeness (QED) is 0.292. The molecule has 3 aromatic heterocycles. The van der Waals surface area contributed by atoms with Gasteiger partial charge >= 0.3 is 5.97 Å². The predicted octanol–water partition coefficient (Wildman–Crippen LogP) is 4.92. The lowest BCUT2D eigenvalue weighted by molar-refractivity contribution is -0.143. The Balaban J connectivity index is 1.10. The van der Waals surface area contributed by atoms with Gasteiger partial charge in [0, 0.05) is 30.2 Å². The molecule has 2 fully saturated rings. The third kappa shape index (κ3) is 5.04. The zero-order valence-corrected chi connectivity index (χ0v) is 21.2. The van der Waals surface area contributed by atoms with Crippen LogP contribution in [0.15, 0.2) is 61.2 Å². The Hall–Kier alpha value is -4.41. The molecule has 11 heteroatoms. The lowest BCUT2D eigenvalue weighted by Gasteiger charge is -2.34. The minimum absolute atomic E-state index is 0.180. The highest BCUT2D eigenvalue weighted by molar-refractivity contribution is 5.86. The topological polar surface area (TPSA) is 115 Å². The van der Waals surface area contributed by atoms with Crippen molar-refractivity contribution < 1.29 is 23.0 Å². The highest BCUT2D eigenvalue weighted by Gasteiger charge is 2.52. The number of ether oxygens (including phenoxy) is 2. The molecule has 0 amide bonds. The predicted molar refractivity (Wildman–Crippen MR) is 138 cm³/mol. The Labute approximate surface area is 223 Å². The second-order valence-corrected chi connectivity index (χ2v) is 9.95. The maximum absolute atomic E-state index is 13.1. The molecule has 6 rings (SSSR count). The van der Waals surface area contributed by atoms with Gasteiger partial charge in [-0.1, -0.05) is 30.3 Å². The number of rotatable bonds is 9. The van der Waals surface area contributed by atoms with Crippen molar-refractivity contribution in [1.82, 2.24) is 25.1 Å². The number of hydrogen-bond acceptors (Lipinski definition) is 8. The molecule has 0 saturated heterocycles. The zero-order valence-electron chi connectivity index (χ0n) is 21.2. The van der Waals surface area contributed by atoms with Crippen LogP contribution in [-0.2, 0) is 21.5 Å². The van der Waals surface area contributed by atoms with E-state index < -0.39 is 17.4 Å². The number of carbonyl (C=O) groups excluding carboxylic acids is 1. The van der Waals surface area contributed by atoms with Crippen molar-refractivity contribution in [2.24, 2.45) is 0 Å². The monoisotopic (exact) mass is 532 g/mol. The van der Waals surface area contributed by atoms with E-state index in [-0.39, 0.29) is 24.7 Å². The fraction of sp³-hybridized carbons (Fsp3) is 0.321. The lowest BCUT2D eigenvalue weighted by atomic mass is 9.91. The molecule has 4 aromatic rings. The van der Waals surface area contributed by atoms with Gasteiger partial charge in [-0.3, -0.25) is 19.9 Å². The minimum atomic E-state index is -2.66. The van der Waals surface area contributed by atoms with Gasteiger partial charge in [0.25, 0.3) is 5.92 Å². The molecule has 2 saturated carbocycles. The summed E-state index contributed by atoms with van der Waals surface area (Å²) in [5, 5.41) is 10.3. The summed E-state index contributed by atoms with van der Waals surface area (Å²) < 4.78 is 36.6. The van der Waals surface area contributed by atoms with Crippen LogP contribution in [0, 0.1) is 0 Å². The minimum Gasteiger partial charge on any atom is -0.473 e. The van der Waals surface area contributed by atoms with Crippen LogP contribution in [0.25, 0.3) is 22.4 Å². The normalized spacial score (nSPS) is 17.2. The van der Waals surface area contributed by atoms with E-state index in [9.17, 15) is 13.6 Å². The van der Waals surface area contributed by atoms with Crippen molar-refractivity contribution in [2.75, 3.05) is 12.4 Å². The molecule has 2 aliphatic carbocycles. The molecule has 39 heavy (non-hydrogen) atoms. The first-order valence-electron chi connectivity index (χ1n) is 12.6. The average Bonchev–Trinajstić information content (AvgIpc) is 3.62. The van der Waals surface area contributed by atoms with Crippen LogP contribution in [0.3, 0.4) is 0 Å². The number of halogens is 2. The Morgan fingerprint density at radius 1 is 1.05 bits per heavy atom. The molecule has 9 nitrogen and oxygen atoms in total. The summed E-state index contributed by atoms with van der Waals surface area (Å²) in [5.41, 5.74) is 4.81. The van der Waals surface area contributed by atoms with E-state index in [1.165, 1.54) is 19.5 Å². The van der Waals surface area contributed by atoms with Crippen molar-refractivity contribution in [1.29, 1.82) is 0 Å². The van der Waals surface area contributed by atoms with Gasteiger partial charge in [0.05, 0.1) is 49.0 Å². The van der Waals surface area contributed by atoms with Crippen molar-refractivity contribution in [3.05, 3.63) is 72.4 Å². The van der Waals surface area contributed by atoms with Gasteiger partial charge in [-0.05, 0) is 30.0 Å². The number of alkyl halides is 2. The molecule has 2 N–H and O–H groups in total. The summed E-state index contributed by atoms with van der Waals surface area (Å²) >= 11 is 0. The molecule has 0 spiro atoms. The molecule has 1 aromatic carbocycles. The summed E-state index contributed by atoms with van der Waals surface area (Å²) in [6, 6.07) is 11.9. The Bertz CT molecular complexity index is 1480. The third-order valence-electron chi connectivity index (χ3n) is 7.25. The van der Waals surface area contributed by atoms with Gasteiger partial charge in [-0.2, -0.15) is 10.1 Å². The van der Waals surface area contributed by atoms with E-state index in [1.807, 2.05) is 36.4 Å².